The van der Waals surface area contributed by atoms with Crippen LogP contribution >= 0.6 is 11.6 Å². The average molecular weight is 469 g/mol. The maximum Gasteiger partial charge on any atom is 0.317 e. The molecule has 0 saturated carbocycles. The fourth-order valence-electron chi connectivity index (χ4n) is 3.14. The molecule has 3 rings (SSSR count). The summed E-state index contributed by atoms with van der Waals surface area (Å²) in [5, 5.41) is 12.0. The molecule has 2 aromatic carbocycles. The van der Waals surface area contributed by atoms with Crippen LogP contribution in [0, 0.1) is 0 Å². The summed E-state index contributed by atoms with van der Waals surface area (Å²) >= 11 is 5.84. The molecule has 1 fully saturated rings. The highest BCUT2D eigenvalue weighted by atomic mass is 35.5. The van der Waals surface area contributed by atoms with Crippen LogP contribution in [0.25, 0.3) is 0 Å². The van der Waals surface area contributed by atoms with Crippen LogP contribution in [0.5, 0.6) is 11.5 Å². The minimum Gasteiger partial charge on any atom is -0.457 e. The molecule has 1 unspecified atom stereocenters. The van der Waals surface area contributed by atoms with E-state index in [4.69, 9.17) is 21.5 Å². The molecule has 0 aliphatic carbocycles. The molecule has 166 valence electrons. The maximum absolute atomic E-state index is 13.2. The summed E-state index contributed by atoms with van der Waals surface area (Å²) in [4.78, 5) is 25.3. The summed E-state index contributed by atoms with van der Waals surface area (Å²) < 4.78 is 32.9. The number of sulfonamides is 1. The second-order valence-corrected chi connectivity index (χ2v) is 8.96. The van der Waals surface area contributed by atoms with Crippen LogP contribution < -0.4 is 15.5 Å². The quantitative estimate of drug-likeness (QED) is 0.452. The first kappa shape index (κ1) is 22.8. The van der Waals surface area contributed by atoms with Crippen molar-refractivity contribution in [3.8, 4) is 11.5 Å². The lowest BCUT2D eigenvalue weighted by atomic mass is 10.2. The number of hydrogen-bond acceptors (Lipinski definition) is 6. The maximum atomic E-state index is 13.2. The molecule has 12 heteroatoms. The van der Waals surface area contributed by atoms with Gasteiger partial charge in [-0.15, -0.1) is 0 Å². The Balaban J connectivity index is 1.81. The Kier molecular flexibility index (Phi) is 7.01. The first-order chi connectivity index (χ1) is 14.8. The Morgan fingerprint density at radius 3 is 2.19 bits per heavy atom. The van der Waals surface area contributed by atoms with Gasteiger partial charge in [-0.25, -0.2) is 18.7 Å². The monoisotopic (exact) mass is 468 g/mol. The third kappa shape index (κ3) is 5.07. The van der Waals surface area contributed by atoms with Gasteiger partial charge in [0.05, 0.1) is 4.90 Å². The first-order valence-corrected chi connectivity index (χ1v) is 11.0. The number of carbonyl (C=O) groups excluding carboxylic acids is 2. The summed E-state index contributed by atoms with van der Waals surface area (Å²) in [6.45, 7) is -0.230. The SMILES string of the molecule is CNC(=O)N1CCN(S(=O)(=O)c2ccc(Oc3ccc(Cl)cc3)cc2)C(C(=O)NO)C1. The van der Waals surface area contributed by atoms with Crippen molar-refractivity contribution < 1.29 is 28.0 Å². The second-order valence-electron chi connectivity index (χ2n) is 6.64. The Hall–Kier alpha value is -2.86. The molecule has 1 heterocycles. The number of ether oxygens (including phenoxy) is 1. The largest absolute Gasteiger partial charge is 0.457 e. The molecule has 10 nitrogen and oxygen atoms in total. The number of hydrogen-bond donors (Lipinski definition) is 3. The van der Waals surface area contributed by atoms with E-state index in [1.54, 1.807) is 24.3 Å². The van der Waals surface area contributed by atoms with Gasteiger partial charge in [0.2, 0.25) is 10.0 Å². The van der Waals surface area contributed by atoms with Crippen LogP contribution in [0.15, 0.2) is 53.4 Å². The van der Waals surface area contributed by atoms with Gasteiger partial charge in [0, 0.05) is 31.7 Å². The van der Waals surface area contributed by atoms with Gasteiger partial charge in [0.1, 0.15) is 17.5 Å². The number of piperazine rings is 1. The van der Waals surface area contributed by atoms with E-state index < -0.39 is 28.0 Å². The summed E-state index contributed by atoms with van der Waals surface area (Å²) in [6.07, 6.45) is 0. The standard InChI is InChI=1S/C19H21ClN4O6S/c1-21-19(26)23-10-11-24(17(12-23)18(25)22-27)31(28,29)16-8-6-15(7-9-16)30-14-4-2-13(20)3-5-14/h2-9,17,27H,10-12H2,1H3,(H,21,26)(H,22,25). The molecule has 0 bridgehead atoms. The predicted octanol–water partition coefficient (Wildman–Crippen LogP) is 1.65. The number of benzene rings is 2. The molecular weight excluding hydrogens is 448 g/mol. The third-order valence-electron chi connectivity index (χ3n) is 4.72. The number of carbonyl (C=O) groups is 2. The zero-order valence-electron chi connectivity index (χ0n) is 16.5. The lowest BCUT2D eigenvalue weighted by molar-refractivity contribution is -0.134. The lowest BCUT2D eigenvalue weighted by Gasteiger charge is -2.38. The van der Waals surface area contributed by atoms with Crippen LogP contribution in [-0.4, -0.2) is 67.5 Å². The van der Waals surface area contributed by atoms with E-state index in [-0.39, 0.29) is 24.5 Å². The van der Waals surface area contributed by atoms with Crippen LogP contribution in [0.3, 0.4) is 0 Å². The van der Waals surface area contributed by atoms with E-state index in [2.05, 4.69) is 5.32 Å². The number of urea groups is 1. The first-order valence-electron chi connectivity index (χ1n) is 9.22. The van der Waals surface area contributed by atoms with Crippen molar-refractivity contribution in [1.29, 1.82) is 0 Å². The van der Waals surface area contributed by atoms with E-state index in [1.165, 1.54) is 41.7 Å². The molecule has 0 aromatic heterocycles. The van der Waals surface area contributed by atoms with E-state index in [1.807, 2.05) is 0 Å². The number of nitrogens with one attached hydrogen (secondary N) is 2. The van der Waals surface area contributed by atoms with Crippen molar-refractivity contribution in [3.63, 3.8) is 0 Å². The van der Waals surface area contributed by atoms with Gasteiger partial charge >= 0.3 is 6.03 Å². The van der Waals surface area contributed by atoms with Gasteiger partial charge in [-0.3, -0.25) is 10.0 Å². The van der Waals surface area contributed by atoms with Gasteiger partial charge < -0.3 is 15.0 Å². The van der Waals surface area contributed by atoms with Crippen molar-refractivity contribution in [2.75, 3.05) is 26.7 Å². The number of nitrogens with zero attached hydrogens (tertiary/aromatic N) is 2. The molecule has 0 radical (unpaired) electrons. The lowest BCUT2D eigenvalue weighted by Crippen LogP contribution is -2.62. The third-order valence-corrected chi connectivity index (χ3v) is 6.90. The molecule has 1 aliphatic rings. The van der Waals surface area contributed by atoms with E-state index >= 15 is 0 Å². The number of amides is 3. The van der Waals surface area contributed by atoms with Crippen LogP contribution in [0.2, 0.25) is 5.02 Å². The minimum absolute atomic E-state index is 0.0555. The number of rotatable bonds is 5. The Bertz CT molecular complexity index is 1050. The molecule has 0 spiro atoms. The predicted molar refractivity (Wildman–Crippen MR) is 112 cm³/mol. The Morgan fingerprint density at radius 1 is 1.06 bits per heavy atom. The summed E-state index contributed by atoms with van der Waals surface area (Å²) in [5.41, 5.74) is 1.47. The van der Waals surface area contributed by atoms with Crippen molar-refractivity contribution in [3.05, 3.63) is 53.6 Å². The number of halogens is 1. The molecule has 1 atom stereocenters. The van der Waals surface area contributed by atoms with Crippen molar-refractivity contribution in [2.45, 2.75) is 10.9 Å². The highest BCUT2D eigenvalue weighted by Crippen LogP contribution is 2.27. The van der Waals surface area contributed by atoms with Gasteiger partial charge in [-0.1, -0.05) is 11.6 Å². The molecule has 1 saturated heterocycles. The van der Waals surface area contributed by atoms with Crippen molar-refractivity contribution >= 4 is 33.6 Å². The van der Waals surface area contributed by atoms with Crippen LogP contribution in [-0.2, 0) is 14.8 Å². The molecule has 3 N–H and O–H groups in total. The van der Waals surface area contributed by atoms with Gasteiger partial charge in [0.25, 0.3) is 5.91 Å². The van der Waals surface area contributed by atoms with Crippen LogP contribution in [0.1, 0.15) is 0 Å². The van der Waals surface area contributed by atoms with E-state index in [0.29, 0.717) is 16.5 Å². The van der Waals surface area contributed by atoms with Crippen LogP contribution in [0.4, 0.5) is 4.79 Å². The molecule has 2 aromatic rings. The second kappa shape index (κ2) is 9.52. The zero-order valence-corrected chi connectivity index (χ0v) is 18.1. The molecule has 3 amide bonds. The van der Waals surface area contributed by atoms with Gasteiger partial charge in [0.15, 0.2) is 0 Å². The van der Waals surface area contributed by atoms with Crippen molar-refractivity contribution in [2.24, 2.45) is 0 Å². The summed E-state index contributed by atoms with van der Waals surface area (Å²) in [6, 6.07) is 10.7. The highest BCUT2D eigenvalue weighted by molar-refractivity contribution is 7.89. The van der Waals surface area contributed by atoms with E-state index in [0.717, 1.165) is 4.31 Å². The zero-order chi connectivity index (χ0) is 22.6. The number of hydroxylamine groups is 1. The molecular formula is C19H21ClN4O6S. The summed E-state index contributed by atoms with van der Waals surface area (Å²) in [5.74, 6) is 0.0141. The minimum atomic E-state index is -4.09. The smallest absolute Gasteiger partial charge is 0.317 e. The van der Waals surface area contributed by atoms with Crippen molar-refractivity contribution in [1.82, 2.24) is 20.0 Å². The normalized spacial score (nSPS) is 17.1. The van der Waals surface area contributed by atoms with Gasteiger partial charge in [-0.05, 0) is 48.5 Å². The summed E-state index contributed by atoms with van der Waals surface area (Å²) in [7, 11) is -2.66. The Labute approximate surface area is 184 Å². The van der Waals surface area contributed by atoms with E-state index in [9.17, 15) is 18.0 Å². The topological polar surface area (TPSA) is 128 Å². The highest BCUT2D eigenvalue weighted by Gasteiger charge is 2.41. The average Bonchev–Trinajstić information content (AvgIpc) is 2.79. The fraction of sp³-hybridized carbons (Fsp3) is 0.263. The molecule has 1 aliphatic heterocycles. The van der Waals surface area contributed by atoms with Gasteiger partial charge in [-0.2, -0.15) is 4.31 Å². The Morgan fingerprint density at radius 2 is 1.65 bits per heavy atom. The fourth-order valence-corrected chi connectivity index (χ4v) is 4.83. The molecule has 31 heavy (non-hydrogen) atoms.